The minimum absolute atomic E-state index is 0.0890. The lowest BCUT2D eigenvalue weighted by atomic mass is 9.89. The lowest BCUT2D eigenvalue weighted by Crippen LogP contribution is -2.36. The summed E-state index contributed by atoms with van der Waals surface area (Å²) in [6.07, 6.45) is 3.42. The van der Waals surface area contributed by atoms with E-state index < -0.39 is 0 Å². The van der Waals surface area contributed by atoms with Gasteiger partial charge in [0.25, 0.3) is 5.69 Å². The van der Waals surface area contributed by atoms with Crippen molar-refractivity contribution in [2.24, 2.45) is 11.8 Å². The summed E-state index contributed by atoms with van der Waals surface area (Å²) in [5.74, 6) is 1.24. The number of benzene rings is 1. The average molecular weight is 292 g/mol. The van der Waals surface area contributed by atoms with Crippen LogP contribution in [0.1, 0.15) is 38.7 Å². The Labute approximate surface area is 125 Å². The molecule has 0 amide bonds. The van der Waals surface area contributed by atoms with Crippen molar-refractivity contribution in [1.82, 2.24) is 0 Å². The Morgan fingerprint density at radius 1 is 1.48 bits per heavy atom. The summed E-state index contributed by atoms with van der Waals surface area (Å²) < 4.78 is 0. The van der Waals surface area contributed by atoms with E-state index in [4.69, 9.17) is 0 Å². The molecule has 0 saturated carbocycles. The highest BCUT2D eigenvalue weighted by Crippen LogP contribution is 2.34. The van der Waals surface area contributed by atoms with Crippen LogP contribution in [-0.4, -0.2) is 23.1 Å². The first-order valence-corrected chi connectivity index (χ1v) is 7.64. The van der Waals surface area contributed by atoms with E-state index in [0.29, 0.717) is 17.5 Å². The maximum absolute atomic E-state index is 11.2. The fourth-order valence-electron chi connectivity index (χ4n) is 3.22. The molecule has 1 fully saturated rings. The SMILES string of the molecule is CC(C)CC1CCCN(c2cc(CO)ccc2[N+](=O)[O-])C1. The number of hydrogen-bond donors (Lipinski definition) is 1. The molecule has 5 nitrogen and oxygen atoms in total. The van der Waals surface area contributed by atoms with E-state index in [-0.39, 0.29) is 17.2 Å². The summed E-state index contributed by atoms with van der Waals surface area (Å²) in [6, 6.07) is 4.89. The molecule has 1 saturated heterocycles. The third-order valence-electron chi connectivity index (χ3n) is 4.08. The maximum atomic E-state index is 11.2. The zero-order valence-electron chi connectivity index (χ0n) is 12.8. The highest BCUT2D eigenvalue weighted by Gasteiger charge is 2.26. The molecule has 1 N–H and O–H groups in total. The molecule has 0 bridgehead atoms. The number of nitro benzene ring substituents is 1. The predicted molar refractivity (Wildman–Crippen MR) is 83.4 cm³/mol. The van der Waals surface area contributed by atoms with Crippen molar-refractivity contribution in [3.05, 3.63) is 33.9 Å². The quantitative estimate of drug-likeness (QED) is 0.667. The molecule has 5 heteroatoms. The molecule has 1 aromatic carbocycles. The number of aliphatic hydroxyl groups excluding tert-OH is 1. The van der Waals surface area contributed by atoms with Crippen molar-refractivity contribution >= 4 is 11.4 Å². The van der Waals surface area contributed by atoms with E-state index in [1.54, 1.807) is 12.1 Å². The molecular weight excluding hydrogens is 268 g/mol. The number of nitro groups is 1. The van der Waals surface area contributed by atoms with Crippen LogP contribution < -0.4 is 4.90 Å². The molecule has 21 heavy (non-hydrogen) atoms. The van der Waals surface area contributed by atoms with Gasteiger partial charge in [0, 0.05) is 19.2 Å². The molecule has 116 valence electrons. The Kier molecular flexibility index (Phi) is 5.17. The number of hydrogen-bond acceptors (Lipinski definition) is 4. The number of aliphatic hydroxyl groups is 1. The van der Waals surface area contributed by atoms with Gasteiger partial charge in [0.15, 0.2) is 0 Å². The van der Waals surface area contributed by atoms with Crippen molar-refractivity contribution in [2.75, 3.05) is 18.0 Å². The molecule has 1 heterocycles. The van der Waals surface area contributed by atoms with Gasteiger partial charge >= 0.3 is 0 Å². The Morgan fingerprint density at radius 3 is 2.86 bits per heavy atom. The normalized spacial score (nSPS) is 19.0. The first-order valence-electron chi connectivity index (χ1n) is 7.64. The second-order valence-electron chi connectivity index (χ2n) is 6.32. The predicted octanol–water partition coefficient (Wildman–Crippen LogP) is 3.35. The van der Waals surface area contributed by atoms with Crippen molar-refractivity contribution in [3.63, 3.8) is 0 Å². The van der Waals surface area contributed by atoms with Gasteiger partial charge in [-0.3, -0.25) is 10.1 Å². The summed E-state index contributed by atoms with van der Waals surface area (Å²) in [7, 11) is 0. The van der Waals surface area contributed by atoms with Gasteiger partial charge in [0.05, 0.1) is 11.5 Å². The van der Waals surface area contributed by atoms with Crippen LogP contribution in [-0.2, 0) is 6.61 Å². The smallest absolute Gasteiger partial charge is 0.292 e. The zero-order valence-corrected chi connectivity index (χ0v) is 12.8. The second-order valence-corrected chi connectivity index (χ2v) is 6.32. The third kappa shape index (κ3) is 3.94. The van der Waals surface area contributed by atoms with Gasteiger partial charge in [-0.25, -0.2) is 0 Å². The Hall–Kier alpha value is -1.62. The van der Waals surface area contributed by atoms with Gasteiger partial charge < -0.3 is 10.0 Å². The highest BCUT2D eigenvalue weighted by molar-refractivity contribution is 5.64. The fourth-order valence-corrected chi connectivity index (χ4v) is 3.22. The summed E-state index contributed by atoms with van der Waals surface area (Å²) >= 11 is 0. The fraction of sp³-hybridized carbons (Fsp3) is 0.625. The van der Waals surface area contributed by atoms with Gasteiger partial charge in [0.1, 0.15) is 5.69 Å². The summed E-state index contributed by atoms with van der Waals surface area (Å²) in [5, 5.41) is 20.5. The van der Waals surface area contributed by atoms with Gasteiger partial charge in [-0.05, 0) is 48.8 Å². The molecule has 2 rings (SSSR count). The highest BCUT2D eigenvalue weighted by atomic mass is 16.6. The van der Waals surface area contributed by atoms with Crippen LogP contribution in [0.5, 0.6) is 0 Å². The minimum atomic E-state index is -0.331. The first-order chi connectivity index (χ1) is 10.0. The van der Waals surface area contributed by atoms with Gasteiger partial charge in [0.2, 0.25) is 0 Å². The molecule has 0 aliphatic carbocycles. The van der Waals surface area contributed by atoms with Gasteiger partial charge in [-0.1, -0.05) is 13.8 Å². The second kappa shape index (κ2) is 6.89. The summed E-state index contributed by atoms with van der Waals surface area (Å²) in [6.45, 7) is 6.06. The lowest BCUT2D eigenvalue weighted by molar-refractivity contribution is -0.384. The zero-order chi connectivity index (χ0) is 15.4. The van der Waals surface area contributed by atoms with E-state index in [1.165, 1.54) is 12.5 Å². The van der Waals surface area contributed by atoms with Gasteiger partial charge in [-0.15, -0.1) is 0 Å². The first kappa shape index (κ1) is 15.8. The van der Waals surface area contributed by atoms with Crippen LogP contribution >= 0.6 is 0 Å². The minimum Gasteiger partial charge on any atom is -0.392 e. The molecule has 1 aliphatic rings. The number of rotatable bonds is 5. The molecule has 1 aromatic rings. The Balaban J connectivity index is 2.24. The van der Waals surface area contributed by atoms with E-state index in [2.05, 4.69) is 18.7 Å². The van der Waals surface area contributed by atoms with Crippen molar-refractivity contribution < 1.29 is 10.0 Å². The van der Waals surface area contributed by atoms with Crippen LogP contribution in [0, 0.1) is 22.0 Å². The molecule has 0 aromatic heterocycles. The molecule has 0 spiro atoms. The van der Waals surface area contributed by atoms with Gasteiger partial charge in [-0.2, -0.15) is 0 Å². The number of nitrogens with zero attached hydrogens (tertiary/aromatic N) is 2. The van der Waals surface area contributed by atoms with Crippen molar-refractivity contribution in [1.29, 1.82) is 0 Å². The van der Waals surface area contributed by atoms with Crippen LogP contribution in [0.4, 0.5) is 11.4 Å². The third-order valence-corrected chi connectivity index (χ3v) is 4.08. The Morgan fingerprint density at radius 2 is 2.24 bits per heavy atom. The molecule has 1 aliphatic heterocycles. The average Bonchev–Trinajstić information content (AvgIpc) is 2.46. The standard InChI is InChI=1S/C16H24N2O3/c1-12(2)8-13-4-3-7-17(10-13)16-9-14(11-19)5-6-15(16)18(20)21/h5-6,9,12-13,19H,3-4,7-8,10-11H2,1-2H3. The lowest BCUT2D eigenvalue weighted by Gasteiger charge is -2.35. The van der Waals surface area contributed by atoms with Crippen LogP contribution in [0.3, 0.4) is 0 Å². The van der Waals surface area contributed by atoms with E-state index in [9.17, 15) is 15.2 Å². The molecule has 1 atom stereocenters. The van der Waals surface area contributed by atoms with E-state index in [1.807, 2.05) is 0 Å². The van der Waals surface area contributed by atoms with Crippen LogP contribution in [0.15, 0.2) is 18.2 Å². The van der Waals surface area contributed by atoms with Crippen LogP contribution in [0.2, 0.25) is 0 Å². The maximum Gasteiger partial charge on any atom is 0.292 e. The number of piperidine rings is 1. The van der Waals surface area contributed by atoms with E-state index >= 15 is 0 Å². The largest absolute Gasteiger partial charge is 0.392 e. The van der Waals surface area contributed by atoms with Crippen molar-refractivity contribution in [3.8, 4) is 0 Å². The van der Waals surface area contributed by atoms with Crippen molar-refractivity contribution in [2.45, 2.75) is 39.7 Å². The monoisotopic (exact) mass is 292 g/mol. The number of anilines is 1. The molecular formula is C16H24N2O3. The Bertz CT molecular complexity index is 502. The summed E-state index contributed by atoms with van der Waals surface area (Å²) in [4.78, 5) is 13.0. The van der Waals surface area contributed by atoms with Crippen LogP contribution in [0.25, 0.3) is 0 Å². The molecule has 0 radical (unpaired) electrons. The van der Waals surface area contributed by atoms with E-state index in [0.717, 1.165) is 31.5 Å². The topological polar surface area (TPSA) is 66.6 Å². The molecule has 1 unspecified atom stereocenters. The summed E-state index contributed by atoms with van der Waals surface area (Å²) in [5.41, 5.74) is 1.51.